The van der Waals surface area contributed by atoms with E-state index in [-0.39, 0.29) is 10.8 Å². The van der Waals surface area contributed by atoms with Gasteiger partial charge in [-0.15, -0.1) is 11.6 Å². The Labute approximate surface area is 112 Å². The molecule has 0 amide bonds. The van der Waals surface area contributed by atoms with Crippen LogP contribution in [-0.4, -0.2) is 23.9 Å². The fourth-order valence-electron chi connectivity index (χ4n) is 2.21. The molecule has 2 rings (SSSR count). The molecular formula is C13H16Cl2FN. The number of piperidine rings is 1. The number of benzene rings is 1. The number of nitrogens with zero attached hydrogens (tertiary/aromatic N) is 1. The Kier molecular flexibility index (Phi) is 4.66. The summed E-state index contributed by atoms with van der Waals surface area (Å²) in [6.07, 6.45) is 2.24. The smallest absolute Gasteiger partial charge is 0.142 e. The minimum atomic E-state index is -0.334. The highest BCUT2D eigenvalue weighted by atomic mass is 35.5. The first-order chi connectivity index (χ1) is 8.20. The third kappa shape index (κ3) is 3.34. The lowest BCUT2D eigenvalue weighted by molar-refractivity contribution is 0.186. The average molecular weight is 276 g/mol. The van der Waals surface area contributed by atoms with Gasteiger partial charge in [0.2, 0.25) is 0 Å². The van der Waals surface area contributed by atoms with Crippen LogP contribution in [0.2, 0.25) is 5.02 Å². The minimum absolute atomic E-state index is 0.256. The molecule has 1 aliphatic heterocycles. The molecule has 0 aromatic heterocycles. The van der Waals surface area contributed by atoms with E-state index in [1.807, 2.05) is 6.07 Å². The maximum atomic E-state index is 13.3. The third-order valence-electron chi connectivity index (χ3n) is 3.35. The van der Waals surface area contributed by atoms with Crippen LogP contribution >= 0.6 is 23.2 Å². The van der Waals surface area contributed by atoms with Gasteiger partial charge in [-0.05, 0) is 43.5 Å². The van der Waals surface area contributed by atoms with E-state index in [1.54, 1.807) is 6.07 Å². The molecule has 0 radical (unpaired) electrons. The van der Waals surface area contributed by atoms with Crippen LogP contribution in [-0.2, 0) is 6.54 Å². The van der Waals surface area contributed by atoms with E-state index in [2.05, 4.69) is 4.90 Å². The van der Waals surface area contributed by atoms with E-state index in [1.165, 1.54) is 6.07 Å². The van der Waals surface area contributed by atoms with E-state index in [0.29, 0.717) is 5.92 Å². The molecule has 1 saturated heterocycles. The molecule has 0 N–H and O–H groups in total. The topological polar surface area (TPSA) is 3.24 Å². The van der Waals surface area contributed by atoms with Gasteiger partial charge in [0.25, 0.3) is 0 Å². The molecule has 17 heavy (non-hydrogen) atoms. The summed E-state index contributed by atoms with van der Waals surface area (Å²) in [5, 5.41) is 0.256. The van der Waals surface area contributed by atoms with Crippen LogP contribution in [0.5, 0.6) is 0 Å². The summed E-state index contributed by atoms with van der Waals surface area (Å²) in [5.74, 6) is 1.05. The first kappa shape index (κ1) is 13.1. The van der Waals surface area contributed by atoms with Crippen molar-refractivity contribution in [3.63, 3.8) is 0 Å². The number of likely N-dealkylation sites (tertiary alicyclic amines) is 1. The molecule has 94 valence electrons. The summed E-state index contributed by atoms with van der Waals surface area (Å²) >= 11 is 11.8. The van der Waals surface area contributed by atoms with E-state index in [0.717, 1.165) is 43.9 Å². The second-order valence-electron chi connectivity index (χ2n) is 4.59. The van der Waals surface area contributed by atoms with E-state index >= 15 is 0 Å². The molecule has 1 fully saturated rings. The zero-order valence-electron chi connectivity index (χ0n) is 9.63. The Balaban J connectivity index is 1.95. The third-order valence-corrected chi connectivity index (χ3v) is 4.21. The van der Waals surface area contributed by atoms with Crippen LogP contribution in [0.1, 0.15) is 18.4 Å². The summed E-state index contributed by atoms with van der Waals surface area (Å²) in [7, 11) is 0. The second-order valence-corrected chi connectivity index (χ2v) is 5.27. The highest BCUT2D eigenvalue weighted by Crippen LogP contribution is 2.24. The zero-order valence-corrected chi connectivity index (χ0v) is 11.1. The van der Waals surface area contributed by atoms with Crippen LogP contribution in [0.25, 0.3) is 0 Å². The van der Waals surface area contributed by atoms with Gasteiger partial charge in [-0.1, -0.05) is 23.7 Å². The number of rotatable bonds is 3. The van der Waals surface area contributed by atoms with Gasteiger partial charge in [-0.25, -0.2) is 4.39 Å². The lowest BCUT2D eigenvalue weighted by Crippen LogP contribution is -2.33. The summed E-state index contributed by atoms with van der Waals surface area (Å²) in [6, 6.07) is 4.99. The van der Waals surface area contributed by atoms with Crippen LogP contribution in [0.3, 0.4) is 0 Å². The standard InChI is InChI=1S/C13H16Cl2FN/c14-8-10-4-6-17(7-5-10)9-11-2-1-3-12(16)13(11)15/h1-3,10H,4-9H2. The molecule has 0 spiro atoms. The highest BCUT2D eigenvalue weighted by molar-refractivity contribution is 6.31. The van der Waals surface area contributed by atoms with Crippen molar-refractivity contribution in [3.05, 3.63) is 34.6 Å². The molecule has 1 aliphatic rings. The van der Waals surface area contributed by atoms with Crippen molar-refractivity contribution in [1.29, 1.82) is 0 Å². The predicted octanol–water partition coefficient (Wildman–Crippen LogP) is 3.93. The predicted molar refractivity (Wildman–Crippen MR) is 70.1 cm³/mol. The molecular weight excluding hydrogens is 260 g/mol. The van der Waals surface area contributed by atoms with Crippen molar-refractivity contribution in [2.45, 2.75) is 19.4 Å². The van der Waals surface area contributed by atoms with Gasteiger partial charge in [0, 0.05) is 12.4 Å². The fourth-order valence-corrected chi connectivity index (χ4v) is 2.70. The summed E-state index contributed by atoms with van der Waals surface area (Å²) in [4.78, 5) is 2.31. The number of alkyl halides is 1. The van der Waals surface area contributed by atoms with Crippen molar-refractivity contribution >= 4 is 23.2 Å². The highest BCUT2D eigenvalue weighted by Gasteiger charge is 2.19. The van der Waals surface area contributed by atoms with Crippen LogP contribution in [0.15, 0.2) is 18.2 Å². The second kappa shape index (κ2) is 6.03. The zero-order chi connectivity index (χ0) is 12.3. The Bertz CT molecular complexity index is 376. The molecule has 1 heterocycles. The van der Waals surface area contributed by atoms with Gasteiger partial charge in [0.1, 0.15) is 5.82 Å². The lowest BCUT2D eigenvalue weighted by Gasteiger charge is -2.31. The first-order valence-corrected chi connectivity index (χ1v) is 6.83. The first-order valence-electron chi connectivity index (χ1n) is 5.92. The number of halogens is 3. The summed E-state index contributed by atoms with van der Waals surface area (Å²) in [6.45, 7) is 2.76. The number of hydrogen-bond acceptors (Lipinski definition) is 1. The lowest BCUT2D eigenvalue weighted by atomic mass is 9.98. The van der Waals surface area contributed by atoms with Gasteiger partial charge in [-0.2, -0.15) is 0 Å². The Morgan fingerprint density at radius 3 is 2.65 bits per heavy atom. The maximum Gasteiger partial charge on any atom is 0.142 e. The van der Waals surface area contributed by atoms with Crippen molar-refractivity contribution in [1.82, 2.24) is 4.90 Å². The molecule has 0 unspecified atom stereocenters. The molecule has 1 nitrogen and oxygen atoms in total. The molecule has 1 aromatic rings. The largest absolute Gasteiger partial charge is 0.299 e. The minimum Gasteiger partial charge on any atom is -0.299 e. The van der Waals surface area contributed by atoms with Gasteiger partial charge in [0.05, 0.1) is 5.02 Å². The molecule has 0 bridgehead atoms. The molecule has 0 atom stereocenters. The van der Waals surface area contributed by atoms with Gasteiger partial charge < -0.3 is 0 Å². The Morgan fingerprint density at radius 1 is 1.29 bits per heavy atom. The van der Waals surface area contributed by atoms with E-state index < -0.39 is 0 Å². The van der Waals surface area contributed by atoms with E-state index in [9.17, 15) is 4.39 Å². The van der Waals surface area contributed by atoms with Gasteiger partial charge >= 0.3 is 0 Å². The molecule has 0 saturated carbocycles. The van der Waals surface area contributed by atoms with Crippen LogP contribution < -0.4 is 0 Å². The SMILES string of the molecule is Fc1cccc(CN2CCC(CCl)CC2)c1Cl. The van der Waals surface area contributed by atoms with Gasteiger partial charge in [-0.3, -0.25) is 4.90 Å². The average Bonchev–Trinajstić information content (AvgIpc) is 2.36. The van der Waals surface area contributed by atoms with Crippen molar-refractivity contribution in [2.24, 2.45) is 5.92 Å². The van der Waals surface area contributed by atoms with Crippen molar-refractivity contribution in [3.8, 4) is 0 Å². The van der Waals surface area contributed by atoms with Crippen LogP contribution in [0, 0.1) is 11.7 Å². The quantitative estimate of drug-likeness (QED) is 0.756. The number of hydrogen-bond donors (Lipinski definition) is 0. The maximum absolute atomic E-state index is 13.3. The van der Waals surface area contributed by atoms with Crippen molar-refractivity contribution < 1.29 is 4.39 Å². The summed E-state index contributed by atoms with van der Waals surface area (Å²) < 4.78 is 13.3. The van der Waals surface area contributed by atoms with Crippen LogP contribution in [0.4, 0.5) is 4.39 Å². The molecule has 1 aromatic carbocycles. The summed E-state index contributed by atoms with van der Waals surface area (Å²) in [5.41, 5.74) is 0.871. The Morgan fingerprint density at radius 2 is 2.00 bits per heavy atom. The molecule has 4 heteroatoms. The monoisotopic (exact) mass is 275 g/mol. The van der Waals surface area contributed by atoms with Crippen molar-refractivity contribution in [2.75, 3.05) is 19.0 Å². The Hall–Kier alpha value is -0.310. The van der Waals surface area contributed by atoms with Gasteiger partial charge in [0.15, 0.2) is 0 Å². The van der Waals surface area contributed by atoms with E-state index in [4.69, 9.17) is 23.2 Å². The fraction of sp³-hybridized carbons (Fsp3) is 0.538. The normalized spacial score (nSPS) is 18.5. The molecule has 0 aliphatic carbocycles.